The zero-order valence-electron chi connectivity index (χ0n) is 8.73. The molecule has 84 valence electrons. The van der Waals surface area contributed by atoms with Crippen molar-refractivity contribution < 1.29 is 19.4 Å². The van der Waals surface area contributed by atoms with Crippen molar-refractivity contribution in [3.63, 3.8) is 0 Å². The summed E-state index contributed by atoms with van der Waals surface area (Å²) in [5, 5.41) is 9.31. The second-order valence-corrected chi connectivity index (χ2v) is 4.38. The Morgan fingerprint density at radius 2 is 2.27 bits per heavy atom. The van der Waals surface area contributed by atoms with Crippen LogP contribution in [0.4, 0.5) is 0 Å². The van der Waals surface area contributed by atoms with Crippen LogP contribution in [0.1, 0.15) is 13.3 Å². The quantitative estimate of drug-likeness (QED) is 0.663. The number of carboxylic acids is 1. The minimum absolute atomic E-state index is 0.0485. The zero-order chi connectivity index (χ0) is 11.1. The summed E-state index contributed by atoms with van der Waals surface area (Å²) in [5.74, 6) is -0.891. The molecule has 0 aromatic rings. The van der Waals surface area contributed by atoms with E-state index in [4.69, 9.17) is 4.74 Å². The fourth-order valence-corrected chi connectivity index (χ4v) is 2.54. The van der Waals surface area contributed by atoms with Gasteiger partial charge in [-0.1, -0.05) is 0 Å². The van der Waals surface area contributed by atoms with Gasteiger partial charge in [-0.25, -0.2) is 0 Å². The molecule has 2 aliphatic heterocycles. The Morgan fingerprint density at radius 3 is 2.80 bits per heavy atom. The molecule has 0 aliphatic carbocycles. The minimum atomic E-state index is -0.792. The van der Waals surface area contributed by atoms with Gasteiger partial charge in [-0.3, -0.25) is 9.59 Å². The van der Waals surface area contributed by atoms with Gasteiger partial charge in [0, 0.05) is 32.5 Å². The lowest BCUT2D eigenvalue weighted by Crippen LogP contribution is -2.45. The molecule has 2 aliphatic rings. The molecular weight excluding hydrogens is 198 g/mol. The van der Waals surface area contributed by atoms with Gasteiger partial charge in [-0.2, -0.15) is 0 Å². The maximum absolute atomic E-state index is 11.3. The van der Waals surface area contributed by atoms with E-state index in [1.54, 1.807) is 4.90 Å². The minimum Gasteiger partial charge on any atom is -0.481 e. The molecule has 0 aromatic heterocycles. The van der Waals surface area contributed by atoms with Crippen LogP contribution in [0.25, 0.3) is 0 Å². The van der Waals surface area contributed by atoms with Gasteiger partial charge in [0.2, 0.25) is 5.91 Å². The van der Waals surface area contributed by atoms with Crippen LogP contribution in [-0.4, -0.2) is 48.2 Å². The third-order valence-corrected chi connectivity index (χ3v) is 3.58. The normalized spacial score (nSPS) is 35.0. The predicted octanol–water partition coefficient (Wildman–Crippen LogP) is -0.0440. The highest BCUT2D eigenvalue weighted by Gasteiger charge is 2.54. The van der Waals surface area contributed by atoms with Crippen molar-refractivity contribution >= 4 is 11.9 Å². The van der Waals surface area contributed by atoms with Crippen LogP contribution in [-0.2, 0) is 14.3 Å². The van der Waals surface area contributed by atoms with Gasteiger partial charge in [0.1, 0.15) is 0 Å². The summed E-state index contributed by atoms with van der Waals surface area (Å²) in [6.07, 6.45) is 0.511. The van der Waals surface area contributed by atoms with E-state index in [-0.39, 0.29) is 11.8 Å². The molecule has 2 saturated heterocycles. The smallest absolute Gasteiger partial charge is 0.311 e. The van der Waals surface area contributed by atoms with Gasteiger partial charge < -0.3 is 14.7 Å². The van der Waals surface area contributed by atoms with Crippen molar-refractivity contribution in [2.45, 2.75) is 13.3 Å². The highest BCUT2D eigenvalue weighted by Crippen LogP contribution is 2.42. The monoisotopic (exact) mass is 213 g/mol. The van der Waals surface area contributed by atoms with E-state index >= 15 is 0 Å². The number of likely N-dealkylation sites (tertiary alicyclic amines) is 1. The average molecular weight is 213 g/mol. The Morgan fingerprint density at radius 1 is 1.53 bits per heavy atom. The van der Waals surface area contributed by atoms with E-state index in [1.807, 2.05) is 0 Å². The standard InChI is InChI=1S/C10H15NO4/c1-7(12)11-4-8-5-15-3-2-10(8,6-11)9(13)14/h8H,2-6H2,1H3,(H,13,14)/t8-,10+/m1/s1. The van der Waals surface area contributed by atoms with Gasteiger partial charge in [0.15, 0.2) is 0 Å². The van der Waals surface area contributed by atoms with Crippen molar-refractivity contribution in [2.75, 3.05) is 26.3 Å². The SMILES string of the molecule is CC(=O)N1C[C@@H]2COCC[C@]2(C(=O)O)C1. The van der Waals surface area contributed by atoms with E-state index in [0.717, 1.165) is 0 Å². The van der Waals surface area contributed by atoms with Crippen LogP contribution in [0, 0.1) is 11.3 Å². The van der Waals surface area contributed by atoms with Crippen LogP contribution < -0.4 is 0 Å². The Kier molecular flexibility index (Phi) is 2.42. The summed E-state index contributed by atoms with van der Waals surface area (Å²) in [4.78, 5) is 24.2. The Bertz CT molecular complexity index is 304. The molecule has 0 unspecified atom stereocenters. The second kappa shape index (κ2) is 3.48. The maximum atomic E-state index is 11.3. The number of hydrogen-bond donors (Lipinski definition) is 1. The molecule has 0 spiro atoms. The summed E-state index contributed by atoms with van der Waals surface area (Å²) < 4.78 is 5.29. The topological polar surface area (TPSA) is 66.8 Å². The summed E-state index contributed by atoms with van der Waals surface area (Å²) >= 11 is 0. The second-order valence-electron chi connectivity index (χ2n) is 4.38. The molecule has 2 rings (SSSR count). The number of fused-ring (bicyclic) bond motifs is 1. The highest BCUT2D eigenvalue weighted by atomic mass is 16.5. The Labute approximate surface area is 88.0 Å². The van der Waals surface area contributed by atoms with Crippen molar-refractivity contribution in [1.82, 2.24) is 4.90 Å². The molecule has 2 heterocycles. The largest absolute Gasteiger partial charge is 0.481 e. The zero-order valence-corrected chi connectivity index (χ0v) is 8.73. The lowest BCUT2D eigenvalue weighted by atomic mass is 9.74. The van der Waals surface area contributed by atoms with E-state index in [1.165, 1.54) is 6.92 Å². The summed E-state index contributed by atoms with van der Waals surface area (Å²) in [6, 6.07) is 0. The number of rotatable bonds is 1. The molecule has 2 fully saturated rings. The molecule has 0 aromatic carbocycles. The number of amides is 1. The number of carbonyl (C=O) groups is 2. The van der Waals surface area contributed by atoms with Crippen LogP contribution in [0.3, 0.4) is 0 Å². The highest BCUT2D eigenvalue weighted by molar-refractivity contribution is 5.80. The lowest BCUT2D eigenvalue weighted by molar-refractivity contribution is -0.157. The summed E-state index contributed by atoms with van der Waals surface area (Å²) in [5.41, 5.74) is -0.760. The third-order valence-electron chi connectivity index (χ3n) is 3.58. The Hall–Kier alpha value is -1.10. The van der Waals surface area contributed by atoms with E-state index in [9.17, 15) is 14.7 Å². The van der Waals surface area contributed by atoms with Gasteiger partial charge in [-0.15, -0.1) is 0 Å². The van der Waals surface area contributed by atoms with Crippen molar-refractivity contribution in [3.05, 3.63) is 0 Å². The molecule has 5 heteroatoms. The van der Waals surface area contributed by atoms with E-state index in [0.29, 0.717) is 32.7 Å². The molecule has 0 radical (unpaired) electrons. The van der Waals surface area contributed by atoms with Gasteiger partial charge in [0.25, 0.3) is 0 Å². The number of hydrogen-bond acceptors (Lipinski definition) is 3. The summed E-state index contributed by atoms with van der Waals surface area (Å²) in [7, 11) is 0. The average Bonchev–Trinajstić information content (AvgIpc) is 2.58. The van der Waals surface area contributed by atoms with Crippen molar-refractivity contribution in [2.24, 2.45) is 11.3 Å². The number of aliphatic carboxylic acids is 1. The van der Waals surface area contributed by atoms with E-state index < -0.39 is 11.4 Å². The number of carbonyl (C=O) groups excluding carboxylic acids is 1. The van der Waals surface area contributed by atoms with Crippen LogP contribution in [0.15, 0.2) is 0 Å². The van der Waals surface area contributed by atoms with E-state index in [2.05, 4.69) is 0 Å². The fourth-order valence-electron chi connectivity index (χ4n) is 2.54. The van der Waals surface area contributed by atoms with Crippen LogP contribution in [0.5, 0.6) is 0 Å². The third kappa shape index (κ3) is 1.51. The lowest BCUT2D eigenvalue weighted by Gasteiger charge is -2.33. The number of nitrogens with zero attached hydrogens (tertiary/aromatic N) is 1. The van der Waals surface area contributed by atoms with Gasteiger partial charge in [0.05, 0.1) is 12.0 Å². The maximum Gasteiger partial charge on any atom is 0.311 e. The van der Waals surface area contributed by atoms with Crippen molar-refractivity contribution in [3.8, 4) is 0 Å². The predicted molar refractivity (Wildman–Crippen MR) is 51.2 cm³/mol. The van der Waals surface area contributed by atoms with Crippen LogP contribution >= 0.6 is 0 Å². The van der Waals surface area contributed by atoms with Gasteiger partial charge in [-0.05, 0) is 6.42 Å². The molecule has 5 nitrogen and oxygen atoms in total. The molecule has 0 saturated carbocycles. The first kappa shape index (κ1) is 10.4. The molecule has 1 amide bonds. The molecular formula is C10H15NO4. The number of ether oxygens (including phenoxy) is 1. The molecule has 1 N–H and O–H groups in total. The summed E-state index contributed by atoms with van der Waals surface area (Å²) in [6.45, 7) is 3.27. The van der Waals surface area contributed by atoms with Crippen LogP contribution in [0.2, 0.25) is 0 Å². The molecule has 2 atom stereocenters. The van der Waals surface area contributed by atoms with Crippen molar-refractivity contribution in [1.29, 1.82) is 0 Å². The first-order chi connectivity index (χ1) is 7.06. The molecule has 0 bridgehead atoms. The number of carboxylic acid groups (broad SMARTS) is 1. The first-order valence-corrected chi connectivity index (χ1v) is 5.13. The first-order valence-electron chi connectivity index (χ1n) is 5.13. The molecule has 15 heavy (non-hydrogen) atoms. The Balaban J connectivity index is 2.24. The van der Waals surface area contributed by atoms with Gasteiger partial charge >= 0.3 is 5.97 Å². The fraction of sp³-hybridized carbons (Fsp3) is 0.800.